The van der Waals surface area contributed by atoms with E-state index in [4.69, 9.17) is 16.3 Å². The highest BCUT2D eigenvalue weighted by molar-refractivity contribution is 6.30. The van der Waals surface area contributed by atoms with Crippen molar-refractivity contribution in [1.82, 2.24) is 4.57 Å². The molecule has 0 amide bonds. The molecule has 0 unspecified atom stereocenters. The Morgan fingerprint density at radius 2 is 1.91 bits per heavy atom. The van der Waals surface area contributed by atoms with Crippen LogP contribution < -0.4 is 0 Å². The summed E-state index contributed by atoms with van der Waals surface area (Å²) in [5, 5.41) is 0.217. The van der Waals surface area contributed by atoms with Gasteiger partial charge in [-0.2, -0.15) is 0 Å². The summed E-state index contributed by atoms with van der Waals surface area (Å²) >= 11 is 5.72. The first kappa shape index (κ1) is 16.2. The van der Waals surface area contributed by atoms with Crippen molar-refractivity contribution in [3.05, 3.63) is 57.6 Å². The topological polar surface area (TPSA) is 48.3 Å². The number of esters is 1. The second kappa shape index (κ2) is 6.32. The Balaban J connectivity index is 2.09. The smallest absolute Gasteiger partial charge is 0.341 e. The minimum absolute atomic E-state index is 0.217. The van der Waals surface area contributed by atoms with Crippen molar-refractivity contribution in [2.75, 3.05) is 6.61 Å². The van der Waals surface area contributed by atoms with Crippen LogP contribution in [0.5, 0.6) is 0 Å². The van der Waals surface area contributed by atoms with Gasteiger partial charge in [0, 0.05) is 29.0 Å². The van der Waals surface area contributed by atoms with Gasteiger partial charge < -0.3 is 9.30 Å². The van der Waals surface area contributed by atoms with E-state index in [0.29, 0.717) is 5.56 Å². The van der Waals surface area contributed by atoms with E-state index >= 15 is 0 Å². The number of ether oxygens (including phenoxy) is 1. The molecule has 1 aromatic heterocycles. The molecular formula is C16H15ClFNO3. The molecule has 0 saturated carbocycles. The van der Waals surface area contributed by atoms with E-state index in [2.05, 4.69) is 0 Å². The molecule has 0 bridgehead atoms. The normalized spacial score (nSPS) is 10.6. The van der Waals surface area contributed by atoms with E-state index in [1.807, 2.05) is 18.5 Å². The summed E-state index contributed by atoms with van der Waals surface area (Å²) in [6.45, 7) is 3.23. The van der Waals surface area contributed by atoms with Crippen molar-refractivity contribution in [2.45, 2.75) is 13.8 Å². The Bertz CT molecular complexity index is 752. The predicted molar refractivity (Wildman–Crippen MR) is 80.9 cm³/mol. The van der Waals surface area contributed by atoms with Crippen LogP contribution in [-0.2, 0) is 11.8 Å². The first-order chi connectivity index (χ1) is 10.3. The first-order valence-corrected chi connectivity index (χ1v) is 6.97. The van der Waals surface area contributed by atoms with E-state index in [9.17, 15) is 14.0 Å². The number of ketones is 1. The third-order valence-corrected chi connectivity index (χ3v) is 3.79. The van der Waals surface area contributed by atoms with Crippen LogP contribution in [0.4, 0.5) is 4.39 Å². The molecule has 2 aromatic rings. The second-order valence-corrected chi connectivity index (χ2v) is 5.40. The molecule has 2 rings (SSSR count). The van der Waals surface area contributed by atoms with Crippen molar-refractivity contribution in [1.29, 1.82) is 0 Å². The van der Waals surface area contributed by atoms with Crippen LogP contribution in [-0.4, -0.2) is 22.9 Å². The lowest BCUT2D eigenvalue weighted by atomic mass is 10.1. The predicted octanol–water partition coefficient (Wildman–Crippen LogP) is 3.47. The maximum absolute atomic E-state index is 13.5. The van der Waals surface area contributed by atoms with E-state index in [-0.39, 0.29) is 16.4 Å². The highest BCUT2D eigenvalue weighted by atomic mass is 35.5. The summed E-state index contributed by atoms with van der Waals surface area (Å²) in [5.41, 5.74) is 1.90. The lowest BCUT2D eigenvalue weighted by Crippen LogP contribution is -2.15. The van der Waals surface area contributed by atoms with E-state index in [1.165, 1.54) is 12.1 Å². The molecule has 6 heteroatoms. The molecule has 0 aliphatic carbocycles. The Kier molecular flexibility index (Phi) is 4.66. The zero-order valence-electron chi connectivity index (χ0n) is 12.4. The van der Waals surface area contributed by atoms with Crippen molar-refractivity contribution in [3.63, 3.8) is 0 Å². The molecular weight excluding hydrogens is 309 g/mol. The van der Waals surface area contributed by atoms with Crippen LogP contribution >= 0.6 is 11.6 Å². The molecule has 0 aliphatic rings. The fourth-order valence-corrected chi connectivity index (χ4v) is 2.25. The lowest BCUT2D eigenvalue weighted by Gasteiger charge is -2.06. The molecule has 0 radical (unpaired) electrons. The van der Waals surface area contributed by atoms with Crippen LogP contribution in [0.3, 0.4) is 0 Å². The van der Waals surface area contributed by atoms with Gasteiger partial charge in [-0.05, 0) is 38.1 Å². The Labute approximate surface area is 132 Å². The number of hydrogen-bond acceptors (Lipinski definition) is 3. The van der Waals surface area contributed by atoms with Gasteiger partial charge in [0.2, 0.25) is 5.78 Å². The number of aromatic nitrogens is 1. The molecule has 0 spiro atoms. The number of rotatable bonds is 4. The number of aryl methyl sites for hydroxylation is 1. The molecule has 1 aromatic carbocycles. The standard InChI is InChI=1S/C16H15ClFNO3/c1-9-6-12(10(2)19(9)3)15(20)8-22-16(21)13-7-11(17)4-5-14(13)18/h4-7H,8H2,1-3H3. The number of carbonyl (C=O) groups is 2. The number of hydrogen-bond donors (Lipinski definition) is 0. The van der Waals surface area contributed by atoms with Crippen LogP contribution in [0.25, 0.3) is 0 Å². The summed E-state index contributed by atoms with van der Waals surface area (Å²) in [5.74, 6) is -2.00. The van der Waals surface area contributed by atoms with E-state index in [0.717, 1.165) is 17.5 Å². The van der Waals surface area contributed by atoms with Gasteiger partial charge in [-0.1, -0.05) is 11.6 Å². The molecule has 0 N–H and O–H groups in total. The summed E-state index contributed by atoms with van der Waals surface area (Å²) in [7, 11) is 1.84. The average molecular weight is 324 g/mol. The van der Waals surface area contributed by atoms with Gasteiger partial charge in [0.25, 0.3) is 0 Å². The van der Waals surface area contributed by atoms with E-state index < -0.39 is 18.4 Å². The van der Waals surface area contributed by atoms with Crippen molar-refractivity contribution in [2.24, 2.45) is 7.05 Å². The van der Waals surface area contributed by atoms with Gasteiger partial charge in [-0.25, -0.2) is 9.18 Å². The highest BCUT2D eigenvalue weighted by Gasteiger charge is 2.18. The van der Waals surface area contributed by atoms with Gasteiger partial charge >= 0.3 is 5.97 Å². The SMILES string of the molecule is Cc1cc(C(=O)COC(=O)c2cc(Cl)ccc2F)c(C)n1C. The van der Waals surface area contributed by atoms with Crippen molar-refractivity contribution < 1.29 is 18.7 Å². The van der Waals surface area contributed by atoms with Gasteiger partial charge in [-0.3, -0.25) is 4.79 Å². The summed E-state index contributed by atoms with van der Waals surface area (Å²) < 4.78 is 20.3. The molecule has 0 atom stereocenters. The second-order valence-electron chi connectivity index (χ2n) is 4.97. The molecule has 22 heavy (non-hydrogen) atoms. The maximum Gasteiger partial charge on any atom is 0.341 e. The van der Waals surface area contributed by atoms with Crippen LogP contribution in [0.15, 0.2) is 24.3 Å². The van der Waals surface area contributed by atoms with E-state index in [1.54, 1.807) is 13.0 Å². The molecule has 0 fully saturated rings. The van der Waals surface area contributed by atoms with Crippen LogP contribution in [0.1, 0.15) is 32.1 Å². The van der Waals surface area contributed by atoms with Gasteiger partial charge in [0.15, 0.2) is 6.61 Å². The first-order valence-electron chi connectivity index (χ1n) is 6.59. The van der Waals surface area contributed by atoms with Gasteiger partial charge in [0.05, 0.1) is 5.56 Å². The molecule has 0 aliphatic heterocycles. The highest BCUT2D eigenvalue weighted by Crippen LogP contribution is 2.17. The third-order valence-electron chi connectivity index (χ3n) is 3.56. The van der Waals surface area contributed by atoms with Gasteiger partial charge in [0.1, 0.15) is 5.82 Å². The number of halogens is 2. The fraction of sp³-hybridized carbons (Fsp3) is 0.250. The quantitative estimate of drug-likeness (QED) is 0.639. The van der Waals surface area contributed by atoms with Crippen LogP contribution in [0.2, 0.25) is 5.02 Å². The third kappa shape index (κ3) is 3.20. The average Bonchev–Trinajstić information content (AvgIpc) is 2.74. The number of carbonyl (C=O) groups excluding carboxylic acids is 2. The fourth-order valence-electron chi connectivity index (χ4n) is 2.08. The monoisotopic (exact) mass is 323 g/mol. The minimum atomic E-state index is -0.918. The lowest BCUT2D eigenvalue weighted by molar-refractivity contribution is 0.0470. The maximum atomic E-state index is 13.5. The Morgan fingerprint density at radius 3 is 2.50 bits per heavy atom. The largest absolute Gasteiger partial charge is 0.454 e. The zero-order chi connectivity index (χ0) is 16.4. The number of Topliss-reactive ketones (excluding diaryl/α,β-unsaturated/α-hetero) is 1. The van der Waals surface area contributed by atoms with Gasteiger partial charge in [-0.15, -0.1) is 0 Å². The molecule has 4 nitrogen and oxygen atoms in total. The summed E-state index contributed by atoms with van der Waals surface area (Å²) in [6.07, 6.45) is 0. The summed E-state index contributed by atoms with van der Waals surface area (Å²) in [6, 6.07) is 5.30. The van der Waals surface area contributed by atoms with Crippen LogP contribution in [0, 0.1) is 19.7 Å². The Hall–Kier alpha value is -2.14. The molecule has 116 valence electrons. The van der Waals surface area contributed by atoms with Crippen molar-refractivity contribution in [3.8, 4) is 0 Å². The molecule has 1 heterocycles. The minimum Gasteiger partial charge on any atom is -0.454 e. The molecule has 0 saturated heterocycles. The number of benzene rings is 1. The Morgan fingerprint density at radius 1 is 1.23 bits per heavy atom. The number of nitrogens with zero attached hydrogens (tertiary/aromatic N) is 1. The summed E-state index contributed by atoms with van der Waals surface area (Å²) in [4.78, 5) is 23.9. The zero-order valence-corrected chi connectivity index (χ0v) is 13.2. The van der Waals surface area contributed by atoms with Crippen molar-refractivity contribution >= 4 is 23.4 Å².